The van der Waals surface area contributed by atoms with Gasteiger partial charge >= 0.3 is 0 Å². The van der Waals surface area contributed by atoms with Crippen LogP contribution in [0.15, 0.2) is 11.3 Å². The van der Waals surface area contributed by atoms with Crippen LogP contribution in [0.1, 0.15) is 32.5 Å². The molecular weight excluding hydrogens is 399 g/mol. The molecule has 0 radical (unpaired) electrons. The number of aryl methyl sites for hydroxylation is 1. The molecule has 21 heavy (non-hydrogen) atoms. The van der Waals surface area contributed by atoms with Crippen LogP contribution in [0.3, 0.4) is 0 Å². The van der Waals surface area contributed by atoms with Crippen LogP contribution in [0, 0.1) is 0 Å². The Morgan fingerprint density at radius 1 is 1.48 bits per heavy atom. The smallest absolute Gasteiger partial charge is 0.191 e. The number of aromatic nitrogens is 3. The second kappa shape index (κ2) is 10.3. The van der Waals surface area contributed by atoms with E-state index in [4.69, 9.17) is 0 Å². The van der Waals surface area contributed by atoms with Gasteiger partial charge in [-0.1, -0.05) is 0 Å². The summed E-state index contributed by atoms with van der Waals surface area (Å²) in [6, 6.07) is 0. The third-order valence-electron chi connectivity index (χ3n) is 3.28. The van der Waals surface area contributed by atoms with Gasteiger partial charge in [-0.2, -0.15) is 11.8 Å². The minimum atomic E-state index is 0. The summed E-state index contributed by atoms with van der Waals surface area (Å²) in [4.78, 5) is 4.59. The average molecular weight is 424 g/mol. The Morgan fingerprint density at radius 3 is 3.00 bits per heavy atom. The van der Waals surface area contributed by atoms with E-state index in [1.165, 1.54) is 18.6 Å². The van der Waals surface area contributed by atoms with E-state index in [-0.39, 0.29) is 24.0 Å². The molecule has 1 atom stereocenters. The largest absolute Gasteiger partial charge is 0.357 e. The number of halogens is 1. The van der Waals surface area contributed by atoms with E-state index in [9.17, 15) is 0 Å². The van der Waals surface area contributed by atoms with Crippen molar-refractivity contribution in [3.63, 3.8) is 0 Å². The molecule has 1 aromatic heterocycles. The minimum Gasteiger partial charge on any atom is -0.357 e. The number of hydrogen-bond acceptors (Lipinski definition) is 4. The van der Waals surface area contributed by atoms with Crippen molar-refractivity contribution in [1.29, 1.82) is 0 Å². The van der Waals surface area contributed by atoms with E-state index in [1.54, 1.807) is 6.33 Å². The summed E-state index contributed by atoms with van der Waals surface area (Å²) >= 11 is 2.05. The van der Waals surface area contributed by atoms with Gasteiger partial charge in [-0.05, 0) is 32.4 Å². The Kier molecular flexibility index (Phi) is 9.05. The Labute approximate surface area is 148 Å². The lowest BCUT2D eigenvalue weighted by atomic mass is 10.2. The molecule has 0 aliphatic carbocycles. The fraction of sp³-hybridized carbons (Fsp3) is 0.769. The van der Waals surface area contributed by atoms with Crippen molar-refractivity contribution in [3.8, 4) is 0 Å². The van der Waals surface area contributed by atoms with Crippen LogP contribution >= 0.6 is 35.7 Å². The molecule has 0 saturated carbocycles. The van der Waals surface area contributed by atoms with E-state index in [1.807, 2.05) is 4.57 Å². The van der Waals surface area contributed by atoms with Crippen molar-refractivity contribution in [3.05, 3.63) is 12.2 Å². The highest BCUT2D eigenvalue weighted by atomic mass is 127. The number of nitrogens with zero attached hydrogens (tertiary/aromatic N) is 4. The molecule has 0 bridgehead atoms. The van der Waals surface area contributed by atoms with Gasteiger partial charge in [-0.25, -0.2) is 4.99 Å². The number of thioether (sulfide) groups is 1. The van der Waals surface area contributed by atoms with Crippen LogP contribution in [0.4, 0.5) is 0 Å². The highest BCUT2D eigenvalue weighted by molar-refractivity contribution is 14.0. The van der Waals surface area contributed by atoms with Crippen molar-refractivity contribution in [1.82, 2.24) is 25.4 Å². The lowest BCUT2D eigenvalue weighted by Crippen LogP contribution is -2.40. The van der Waals surface area contributed by atoms with Crippen LogP contribution in [0.5, 0.6) is 0 Å². The number of aliphatic imine (C=N–C) groups is 1. The zero-order valence-corrected chi connectivity index (χ0v) is 15.9. The molecule has 2 N–H and O–H groups in total. The molecule has 0 aromatic carbocycles. The summed E-state index contributed by atoms with van der Waals surface area (Å²) in [7, 11) is 0. The zero-order valence-electron chi connectivity index (χ0n) is 12.7. The van der Waals surface area contributed by atoms with Gasteiger partial charge in [0.2, 0.25) is 0 Å². The minimum absolute atomic E-state index is 0. The maximum Gasteiger partial charge on any atom is 0.191 e. The second-order valence-electron chi connectivity index (χ2n) is 4.74. The predicted molar refractivity (Wildman–Crippen MR) is 99.4 cm³/mol. The summed E-state index contributed by atoms with van der Waals surface area (Å²) in [6.45, 7) is 7.44. The SMILES string of the molecule is CCNC(=NCc1nncn1CC)NCC1CCCS1.I. The Morgan fingerprint density at radius 2 is 2.33 bits per heavy atom. The highest BCUT2D eigenvalue weighted by Crippen LogP contribution is 2.25. The molecule has 0 amide bonds. The molecule has 1 aliphatic heterocycles. The fourth-order valence-electron chi connectivity index (χ4n) is 2.17. The van der Waals surface area contributed by atoms with Crippen LogP contribution < -0.4 is 10.6 Å². The quantitative estimate of drug-likeness (QED) is 0.415. The van der Waals surface area contributed by atoms with Crippen molar-refractivity contribution in [2.24, 2.45) is 4.99 Å². The molecular formula is C13H25IN6S. The first-order valence-electron chi connectivity index (χ1n) is 7.34. The van der Waals surface area contributed by atoms with Gasteiger partial charge in [-0.3, -0.25) is 0 Å². The molecule has 6 nitrogen and oxygen atoms in total. The first kappa shape index (κ1) is 18.5. The Balaban J connectivity index is 0.00000220. The average Bonchev–Trinajstić information content (AvgIpc) is 3.12. The molecule has 1 fully saturated rings. The molecule has 120 valence electrons. The lowest BCUT2D eigenvalue weighted by molar-refractivity contribution is 0.690. The van der Waals surface area contributed by atoms with E-state index >= 15 is 0 Å². The first-order chi connectivity index (χ1) is 9.83. The van der Waals surface area contributed by atoms with E-state index in [0.29, 0.717) is 6.54 Å². The number of guanidine groups is 1. The van der Waals surface area contributed by atoms with Gasteiger partial charge in [-0.15, -0.1) is 34.2 Å². The van der Waals surface area contributed by atoms with Gasteiger partial charge in [0.1, 0.15) is 12.9 Å². The van der Waals surface area contributed by atoms with Crippen molar-refractivity contribution in [2.45, 2.75) is 45.0 Å². The van der Waals surface area contributed by atoms with Crippen molar-refractivity contribution in [2.75, 3.05) is 18.8 Å². The fourth-order valence-corrected chi connectivity index (χ4v) is 3.37. The summed E-state index contributed by atoms with van der Waals surface area (Å²) in [5.74, 6) is 3.06. The molecule has 1 aromatic rings. The van der Waals surface area contributed by atoms with Crippen molar-refractivity contribution < 1.29 is 0 Å². The van der Waals surface area contributed by atoms with E-state index < -0.39 is 0 Å². The van der Waals surface area contributed by atoms with Gasteiger partial charge in [0.25, 0.3) is 0 Å². The number of rotatable bonds is 6. The molecule has 1 unspecified atom stereocenters. The molecule has 2 rings (SSSR count). The van der Waals surface area contributed by atoms with Gasteiger partial charge in [0.15, 0.2) is 11.8 Å². The molecule has 2 heterocycles. The zero-order chi connectivity index (χ0) is 14.2. The van der Waals surface area contributed by atoms with Gasteiger partial charge < -0.3 is 15.2 Å². The monoisotopic (exact) mass is 424 g/mol. The normalized spacial score (nSPS) is 18.4. The summed E-state index contributed by atoms with van der Waals surface area (Å²) in [6.07, 6.45) is 4.39. The van der Waals surface area contributed by atoms with Gasteiger partial charge in [0, 0.05) is 24.9 Å². The van der Waals surface area contributed by atoms with E-state index in [0.717, 1.165) is 36.7 Å². The molecule has 0 spiro atoms. The van der Waals surface area contributed by atoms with Crippen LogP contribution in [0.25, 0.3) is 0 Å². The number of hydrogen-bond donors (Lipinski definition) is 2. The molecule has 1 aliphatic rings. The Bertz CT molecular complexity index is 430. The van der Waals surface area contributed by atoms with Crippen LogP contribution in [0.2, 0.25) is 0 Å². The van der Waals surface area contributed by atoms with Gasteiger partial charge in [0.05, 0.1) is 0 Å². The third kappa shape index (κ3) is 6.01. The Hall–Kier alpha value is -0.510. The summed E-state index contributed by atoms with van der Waals surface area (Å²) in [5.41, 5.74) is 0. The lowest BCUT2D eigenvalue weighted by Gasteiger charge is -2.14. The standard InChI is InChI=1S/C13H24N6S.HI/c1-3-14-13(15-8-11-6-5-7-20-11)16-9-12-18-17-10-19(12)4-2;/h10-11H,3-9H2,1-2H3,(H2,14,15,16);1H. The van der Waals surface area contributed by atoms with Crippen LogP contribution in [-0.4, -0.2) is 44.8 Å². The van der Waals surface area contributed by atoms with Crippen LogP contribution in [-0.2, 0) is 13.1 Å². The summed E-state index contributed by atoms with van der Waals surface area (Å²) < 4.78 is 2.01. The number of nitrogens with one attached hydrogen (secondary N) is 2. The first-order valence-corrected chi connectivity index (χ1v) is 8.38. The molecule has 8 heteroatoms. The predicted octanol–water partition coefficient (Wildman–Crippen LogP) is 1.87. The third-order valence-corrected chi connectivity index (χ3v) is 4.68. The summed E-state index contributed by atoms with van der Waals surface area (Å²) in [5, 5.41) is 15.5. The maximum atomic E-state index is 4.59. The highest BCUT2D eigenvalue weighted by Gasteiger charge is 2.15. The second-order valence-corrected chi connectivity index (χ2v) is 6.15. The maximum absolute atomic E-state index is 4.59. The van der Waals surface area contributed by atoms with E-state index in [2.05, 4.69) is 51.4 Å². The van der Waals surface area contributed by atoms with Crippen molar-refractivity contribution >= 4 is 41.7 Å². The topological polar surface area (TPSA) is 67.1 Å². The molecule has 1 saturated heterocycles.